The first kappa shape index (κ1) is 17.9. The summed E-state index contributed by atoms with van der Waals surface area (Å²) in [5.74, 6) is -0.112. The summed E-state index contributed by atoms with van der Waals surface area (Å²) in [7, 11) is 1.38. The van der Waals surface area contributed by atoms with E-state index in [9.17, 15) is 9.90 Å². The smallest absolute Gasteiger partial charge is 0.305 e. The summed E-state index contributed by atoms with van der Waals surface area (Å²) in [5.41, 5.74) is 3.46. The number of methoxy groups -OCH3 is 1. The van der Waals surface area contributed by atoms with Crippen molar-refractivity contribution in [2.24, 2.45) is 0 Å². The van der Waals surface area contributed by atoms with Crippen LogP contribution in [0.3, 0.4) is 0 Å². The first-order valence-electron chi connectivity index (χ1n) is 8.55. The lowest BCUT2D eigenvalue weighted by atomic mass is 9.84. The molecule has 0 amide bonds. The lowest BCUT2D eigenvalue weighted by molar-refractivity contribution is -0.140. The number of hydrogen-bond donors (Lipinski definition) is 1. The van der Waals surface area contributed by atoms with Gasteiger partial charge >= 0.3 is 5.97 Å². The highest BCUT2D eigenvalue weighted by Crippen LogP contribution is 2.36. The molecule has 6 heteroatoms. The zero-order valence-electron chi connectivity index (χ0n) is 15.5. The minimum absolute atomic E-state index is 0.152. The SMILES string of the molecule is COC(=O)CCc1cc(-n2nc3ccccc3n2)c(O)c(C(C)(C)C)c1. The molecule has 0 atom stereocenters. The molecule has 136 valence electrons. The number of rotatable bonds is 4. The van der Waals surface area contributed by atoms with E-state index >= 15 is 0 Å². The maximum Gasteiger partial charge on any atom is 0.305 e. The van der Waals surface area contributed by atoms with Gasteiger partial charge in [0.2, 0.25) is 0 Å². The summed E-state index contributed by atoms with van der Waals surface area (Å²) >= 11 is 0. The predicted octanol–water partition coefficient (Wildman–Crippen LogP) is 3.53. The fraction of sp³-hybridized carbons (Fsp3) is 0.350. The molecule has 0 fully saturated rings. The average molecular weight is 353 g/mol. The number of benzene rings is 2. The van der Waals surface area contributed by atoms with Gasteiger partial charge in [0.05, 0.1) is 7.11 Å². The summed E-state index contributed by atoms with van der Waals surface area (Å²) in [6.45, 7) is 6.09. The number of phenolic OH excluding ortho intramolecular Hbond substituents is 1. The number of ether oxygens (including phenoxy) is 1. The Morgan fingerprint density at radius 1 is 1.15 bits per heavy atom. The van der Waals surface area contributed by atoms with Gasteiger partial charge in [0.15, 0.2) is 0 Å². The quantitative estimate of drug-likeness (QED) is 0.726. The molecule has 0 saturated carbocycles. The molecular formula is C20H23N3O3. The van der Waals surface area contributed by atoms with Gasteiger partial charge in [-0.05, 0) is 35.6 Å². The number of fused-ring (bicyclic) bond motifs is 1. The number of aryl methyl sites for hydroxylation is 1. The Hall–Kier alpha value is -2.89. The number of carbonyl (C=O) groups excluding carboxylic acids is 1. The summed E-state index contributed by atoms with van der Waals surface area (Å²) < 4.78 is 4.73. The van der Waals surface area contributed by atoms with E-state index in [2.05, 4.69) is 10.2 Å². The summed E-state index contributed by atoms with van der Waals surface area (Å²) in [6.07, 6.45) is 0.794. The third kappa shape index (κ3) is 3.54. The number of hydrogen-bond acceptors (Lipinski definition) is 5. The maximum atomic E-state index is 11.5. The van der Waals surface area contributed by atoms with E-state index in [0.717, 1.165) is 22.2 Å². The zero-order valence-corrected chi connectivity index (χ0v) is 15.5. The van der Waals surface area contributed by atoms with Crippen LogP contribution in [0.2, 0.25) is 0 Å². The highest BCUT2D eigenvalue weighted by atomic mass is 16.5. The molecule has 0 radical (unpaired) electrons. The molecule has 0 bridgehead atoms. The molecule has 0 aliphatic rings. The van der Waals surface area contributed by atoms with Crippen LogP contribution in [-0.2, 0) is 21.4 Å². The van der Waals surface area contributed by atoms with Gasteiger partial charge in [-0.15, -0.1) is 15.0 Å². The third-order valence-corrected chi connectivity index (χ3v) is 4.31. The van der Waals surface area contributed by atoms with Crippen LogP contribution in [0.1, 0.15) is 38.3 Å². The minimum Gasteiger partial charge on any atom is -0.505 e. The summed E-state index contributed by atoms with van der Waals surface area (Å²) in [5, 5.41) is 19.8. The van der Waals surface area contributed by atoms with E-state index in [1.807, 2.05) is 57.2 Å². The molecule has 0 aliphatic carbocycles. The van der Waals surface area contributed by atoms with Crippen molar-refractivity contribution in [2.45, 2.75) is 39.0 Å². The molecule has 2 aromatic carbocycles. The van der Waals surface area contributed by atoms with Crippen molar-refractivity contribution in [1.82, 2.24) is 15.0 Å². The van der Waals surface area contributed by atoms with Crippen molar-refractivity contribution in [3.05, 3.63) is 47.5 Å². The average Bonchev–Trinajstić information content (AvgIpc) is 3.03. The minimum atomic E-state index is -0.271. The largest absolute Gasteiger partial charge is 0.505 e. The van der Waals surface area contributed by atoms with E-state index in [1.54, 1.807) is 0 Å². The molecule has 26 heavy (non-hydrogen) atoms. The number of phenols is 1. The Morgan fingerprint density at radius 2 is 1.77 bits per heavy atom. The summed E-state index contributed by atoms with van der Waals surface area (Å²) in [6, 6.07) is 11.3. The standard InChI is InChI=1S/C20H23N3O3/c1-20(2,3)14-11-13(9-10-18(24)26-4)12-17(19(14)25)23-21-15-7-5-6-8-16(15)22-23/h5-8,11-12,25H,9-10H2,1-4H3. The number of nitrogens with zero attached hydrogens (tertiary/aromatic N) is 3. The van der Waals surface area contributed by atoms with Gasteiger partial charge in [-0.1, -0.05) is 39.0 Å². The Bertz CT molecular complexity index is 922. The molecule has 0 spiro atoms. The van der Waals surface area contributed by atoms with Gasteiger partial charge in [-0.2, -0.15) is 0 Å². The van der Waals surface area contributed by atoms with E-state index in [1.165, 1.54) is 11.9 Å². The number of aromatic hydroxyl groups is 1. The molecule has 1 heterocycles. The molecule has 1 N–H and O–H groups in total. The number of esters is 1. The highest BCUT2D eigenvalue weighted by Gasteiger charge is 2.23. The Balaban J connectivity index is 2.11. The normalized spacial score (nSPS) is 11.7. The van der Waals surface area contributed by atoms with Crippen molar-refractivity contribution >= 4 is 17.0 Å². The lowest BCUT2D eigenvalue weighted by Gasteiger charge is -2.23. The highest BCUT2D eigenvalue weighted by molar-refractivity contribution is 5.74. The van der Waals surface area contributed by atoms with Gasteiger partial charge in [0.1, 0.15) is 22.5 Å². The second-order valence-corrected chi connectivity index (χ2v) is 7.32. The van der Waals surface area contributed by atoms with Crippen LogP contribution in [0.25, 0.3) is 16.7 Å². The molecule has 0 unspecified atom stereocenters. The fourth-order valence-electron chi connectivity index (χ4n) is 2.86. The van der Waals surface area contributed by atoms with E-state index < -0.39 is 0 Å². The Morgan fingerprint density at radius 3 is 2.31 bits per heavy atom. The van der Waals surface area contributed by atoms with Gasteiger partial charge < -0.3 is 9.84 Å². The van der Waals surface area contributed by atoms with Crippen molar-refractivity contribution in [1.29, 1.82) is 0 Å². The Labute approximate surface area is 152 Å². The summed E-state index contributed by atoms with van der Waals surface area (Å²) in [4.78, 5) is 13.0. The van der Waals surface area contributed by atoms with E-state index in [-0.39, 0.29) is 23.6 Å². The third-order valence-electron chi connectivity index (χ3n) is 4.31. The zero-order chi connectivity index (χ0) is 18.9. The number of carbonyl (C=O) groups is 1. The van der Waals surface area contributed by atoms with E-state index in [0.29, 0.717) is 12.1 Å². The second-order valence-electron chi connectivity index (χ2n) is 7.32. The molecule has 0 saturated heterocycles. The fourth-order valence-corrected chi connectivity index (χ4v) is 2.86. The van der Waals surface area contributed by atoms with Crippen LogP contribution in [0.15, 0.2) is 36.4 Å². The van der Waals surface area contributed by atoms with Gasteiger partial charge in [-0.3, -0.25) is 4.79 Å². The topological polar surface area (TPSA) is 77.2 Å². The molecule has 1 aromatic heterocycles. The van der Waals surface area contributed by atoms with Crippen molar-refractivity contribution in [3.8, 4) is 11.4 Å². The van der Waals surface area contributed by atoms with Crippen LogP contribution in [0.5, 0.6) is 5.75 Å². The van der Waals surface area contributed by atoms with Crippen molar-refractivity contribution in [2.75, 3.05) is 7.11 Å². The van der Waals surface area contributed by atoms with Crippen LogP contribution in [-0.4, -0.2) is 33.2 Å². The molecular weight excluding hydrogens is 330 g/mol. The molecule has 0 aliphatic heterocycles. The lowest BCUT2D eigenvalue weighted by Crippen LogP contribution is -2.14. The molecule has 6 nitrogen and oxygen atoms in total. The Kier molecular flexibility index (Phi) is 4.68. The predicted molar refractivity (Wildman–Crippen MR) is 99.6 cm³/mol. The van der Waals surface area contributed by atoms with Gasteiger partial charge in [-0.25, -0.2) is 0 Å². The maximum absolute atomic E-state index is 11.5. The monoisotopic (exact) mass is 353 g/mol. The van der Waals surface area contributed by atoms with Gasteiger partial charge in [0.25, 0.3) is 0 Å². The van der Waals surface area contributed by atoms with Gasteiger partial charge in [0, 0.05) is 12.0 Å². The van der Waals surface area contributed by atoms with Crippen LogP contribution in [0, 0.1) is 0 Å². The first-order chi connectivity index (χ1) is 12.3. The second kappa shape index (κ2) is 6.78. The van der Waals surface area contributed by atoms with Crippen LogP contribution < -0.4 is 0 Å². The van der Waals surface area contributed by atoms with Crippen LogP contribution in [0.4, 0.5) is 0 Å². The van der Waals surface area contributed by atoms with Crippen molar-refractivity contribution in [3.63, 3.8) is 0 Å². The first-order valence-corrected chi connectivity index (χ1v) is 8.55. The van der Waals surface area contributed by atoms with Crippen LogP contribution >= 0.6 is 0 Å². The molecule has 3 aromatic rings. The number of aromatic nitrogens is 3. The van der Waals surface area contributed by atoms with E-state index in [4.69, 9.17) is 4.74 Å². The molecule has 3 rings (SSSR count). The van der Waals surface area contributed by atoms with Crippen molar-refractivity contribution < 1.29 is 14.6 Å².